The number of carbonyl (C=O) groups is 1. The summed E-state index contributed by atoms with van der Waals surface area (Å²) in [5.74, 6) is 1.38. The van der Waals surface area contributed by atoms with Crippen LogP contribution in [0.2, 0.25) is 0 Å². The minimum absolute atomic E-state index is 0.0229. The Balaban J connectivity index is 1.82. The van der Waals surface area contributed by atoms with E-state index in [0.717, 1.165) is 42.7 Å². The van der Waals surface area contributed by atoms with E-state index in [1.54, 1.807) is 19.1 Å². The second-order valence-corrected chi connectivity index (χ2v) is 6.67. The molecule has 0 saturated carbocycles. The molecule has 1 N–H and O–H groups in total. The largest absolute Gasteiger partial charge is 0.497 e. The number of fused-ring (bicyclic) bond motifs is 1. The zero-order valence-electron chi connectivity index (χ0n) is 16.2. The van der Waals surface area contributed by atoms with Gasteiger partial charge in [0.1, 0.15) is 11.6 Å². The van der Waals surface area contributed by atoms with Crippen LogP contribution >= 0.6 is 0 Å². The molecule has 0 unspecified atom stereocenters. The molecule has 2 aromatic rings. The summed E-state index contributed by atoms with van der Waals surface area (Å²) in [5, 5.41) is 3.17. The number of unbranched alkanes of at least 4 members (excludes halogenated alkanes) is 1. The number of ether oxygens (including phenoxy) is 2. The molecule has 1 aliphatic rings. The van der Waals surface area contributed by atoms with Crippen LogP contribution in [0.1, 0.15) is 40.0 Å². The number of methoxy groups -OCH3 is 2. The SMILES string of the molecule is CNCc1cc(OC)cc2c1CN(c1cccc(CCCCOC)n1)C2=O. The number of anilines is 1. The molecule has 2 heterocycles. The van der Waals surface area contributed by atoms with Crippen LogP contribution in [0.4, 0.5) is 5.82 Å². The van der Waals surface area contributed by atoms with E-state index >= 15 is 0 Å². The van der Waals surface area contributed by atoms with Gasteiger partial charge in [-0.25, -0.2) is 4.98 Å². The first-order chi connectivity index (χ1) is 13.2. The maximum absolute atomic E-state index is 13.0. The summed E-state index contributed by atoms with van der Waals surface area (Å²) in [4.78, 5) is 19.5. The molecule has 3 rings (SSSR count). The minimum Gasteiger partial charge on any atom is -0.497 e. The van der Waals surface area contributed by atoms with E-state index in [1.165, 1.54) is 0 Å². The molecule has 1 amide bonds. The van der Waals surface area contributed by atoms with Gasteiger partial charge in [0, 0.05) is 31.5 Å². The zero-order chi connectivity index (χ0) is 19.2. The Morgan fingerprint density at radius 3 is 2.81 bits per heavy atom. The van der Waals surface area contributed by atoms with Crippen LogP contribution in [-0.2, 0) is 24.2 Å². The number of hydrogen-bond acceptors (Lipinski definition) is 5. The Hall–Kier alpha value is -2.44. The molecule has 1 aromatic heterocycles. The number of pyridine rings is 1. The van der Waals surface area contributed by atoms with Gasteiger partial charge in [0.25, 0.3) is 5.91 Å². The van der Waals surface area contributed by atoms with Gasteiger partial charge < -0.3 is 14.8 Å². The fourth-order valence-electron chi connectivity index (χ4n) is 3.42. The Morgan fingerprint density at radius 2 is 2.07 bits per heavy atom. The molecule has 27 heavy (non-hydrogen) atoms. The van der Waals surface area contributed by atoms with Crippen molar-refractivity contribution in [2.24, 2.45) is 0 Å². The van der Waals surface area contributed by atoms with Crippen molar-refractivity contribution in [1.29, 1.82) is 0 Å². The number of hydrogen-bond donors (Lipinski definition) is 1. The van der Waals surface area contributed by atoms with Crippen LogP contribution in [0.15, 0.2) is 30.3 Å². The molecule has 6 nitrogen and oxygen atoms in total. The molecule has 1 aromatic carbocycles. The van der Waals surface area contributed by atoms with Gasteiger partial charge in [-0.15, -0.1) is 0 Å². The van der Waals surface area contributed by atoms with Crippen LogP contribution < -0.4 is 15.0 Å². The van der Waals surface area contributed by atoms with Gasteiger partial charge in [-0.1, -0.05) is 6.07 Å². The fraction of sp³-hybridized carbons (Fsp3) is 0.429. The van der Waals surface area contributed by atoms with Crippen LogP contribution in [0.3, 0.4) is 0 Å². The third-order valence-electron chi connectivity index (χ3n) is 4.81. The monoisotopic (exact) mass is 369 g/mol. The maximum atomic E-state index is 13.0. The average molecular weight is 369 g/mol. The summed E-state index contributed by atoms with van der Waals surface area (Å²) in [7, 11) is 5.23. The van der Waals surface area contributed by atoms with Crippen molar-refractivity contribution in [3.8, 4) is 5.75 Å². The summed E-state index contributed by atoms with van der Waals surface area (Å²) in [6.07, 6.45) is 2.90. The van der Waals surface area contributed by atoms with Crippen molar-refractivity contribution in [2.45, 2.75) is 32.4 Å². The van der Waals surface area contributed by atoms with Gasteiger partial charge in [-0.2, -0.15) is 0 Å². The van der Waals surface area contributed by atoms with E-state index < -0.39 is 0 Å². The quantitative estimate of drug-likeness (QED) is 0.689. The van der Waals surface area contributed by atoms with E-state index in [9.17, 15) is 4.79 Å². The standard InChI is InChI=1S/C21H27N3O3/c1-22-13-15-11-17(27-3)12-18-19(15)14-24(21(18)25)20-9-6-8-16(23-20)7-4-5-10-26-2/h6,8-9,11-12,22H,4-5,7,10,13-14H2,1-3H3. The molecule has 0 spiro atoms. The molecule has 0 aliphatic carbocycles. The van der Waals surface area contributed by atoms with Crippen LogP contribution in [-0.4, -0.2) is 38.8 Å². The normalized spacial score (nSPS) is 13.1. The number of carbonyl (C=O) groups excluding carboxylic acids is 1. The molecule has 0 radical (unpaired) electrons. The van der Waals surface area contributed by atoms with Gasteiger partial charge in [-0.05, 0) is 61.7 Å². The van der Waals surface area contributed by atoms with Crippen molar-refractivity contribution in [2.75, 3.05) is 32.8 Å². The number of aryl methyl sites for hydroxylation is 1. The first-order valence-electron chi connectivity index (χ1n) is 9.29. The lowest BCUT2D eigenvalue weighted by Gasteiger charge is -2.15. The topological polar surface area (TPSA) is 63.7 Å². The predicted octanol–water partition coefficient (Wildman–Crippen LogP) is 2.94. The Labute approximate surface area is 160 Å². The molecule has 1 aliphatic heterocycles. The van der Waals surface area contributed by atoms with Crippen molar-refractivity contribution < 1.29 is 14.3 Å². The predicted molar refractivity (Wildman–Crippen MR) is 105 cm³/mol. The van der Waals surface area contributed by atoms with Crippen molar-refractivity contribution in [1.82, 2.24) is 10.3 Å². The summed E-state index contributed by atoms with van der Waals surface area (Å²) >= 11 is 0. The lowest BCUT2D eigenvalue weighted by atomic mass is 10.0. The molecule has 6 heteroatoms. The first kappa shape index (κ1) is 19.3. The van der Waals surface area contributed by atoms with Crippen LogP contribution in [0.25, 0.3) is 0 Å². The molecule has 144 valence electrons. The van der Waals surface area contributed by atoms with E-state index in [-0.39, 0.29) is 5.91 Å². The highest BCUT2D eigenvalue weighted by atomic mass is 16.5. The molecule has 0 atom stereocenters. The van der Waals surface area contributed by atoms with Gasteiger partial charge in [-0.3, -0.25) is 9.69 Å². The molecule has 0 bridgehead atoms. The minimum atomic E-state index is -0.0229. The first-order valence-corrected chi connectivity index (χ1v) is 9.29. The number of benzene rings is 1. The number of rotatable bonds is 9. The summed E-state index contributed by atoms with van der Waals surface area (Å²) in [6.45, 7) is 1.98. The van der Waals surface area contributed by atoms with Crippen molar-refractivity contribution >= 4 is 11.7 Å². The van der Waals surface area contributed by atoms with Crippen molar-refractivity contribution in [3.63, 3.8) is 0 Å². The van der Waals surface area contributed by atoms with Gasteiger partial charge in [0.15, 0.2) is 0 Å². The van der Waals surface area contributed by atoms with Gasteiger partial charge in [0.2, 0.25) is 0 Å². The third kappa shape index (κ3) is 4.28. The lowest BCUT2D eigenvalue weighted by molar-refractivity contribution is 0.0995. The molecular formula is C21H27N3O3. The molecular weight excluding hydrogens is 342 g/mol. The number of aromatic nitrogens is 1. The van der Waals surface area contributed by atoms with Crippen LogP contribution in [0.5, 0.6) is 5.75 Å². The van der Waals surface area contributed by atoms with Gasteiger partial charge >= 0.3 is 0 Å². The Kier molecular flexibility index (Phi) is 6.42. The smallest absolute Gasteiger partial charge is 0.260 e. The highest BCUT2D eigenvalue weighted by molar-refractivity contribution is 6.10. The summed E-state index contributed by atoms with van der Waals surface area (Å²) in [6, 6.07) is 9.70. The zero-order valence-corrected chi connectivity index (χ0v) is 16.2. The summed E-state index contributed by atoms with van der Waals surface area (Å²) in [5.41, 5.74) is 3.83. The second kappa shape index (κ2) is 8.97. The third-order valence-corrected chi connectivity index (χ3v) is 4.81. The highest BCUT2D eigenvalue weighted by Gasteiger charge is 2.32. The molecule has 0 saturated heterocycles. The summed E-state index contributed by atoms with van der Waals surface area (Å²) < 4.78 is 10.5. The van der Waals surface area contributed by atoms with Crippen LogP contribution in [0, 0.1) is 0 Å². The van der Waals surface area contributed by atoms with E-state index in [4.69, 9.17) is 14.5 Å². The van der Waals surface area contributed by atoms with E-state index in [1.807, 2.05) is 37.4 Å². The average Bonchev–Trinajstić information content (AvgIpc) is 3.03. The fourth-order valence-corrected chi connectivity index (χ4v) is 3.42. The Bertz CT molecular complexity index is 807. The van der Waals surface area contributed by atoms with E-state index in [2.05, 4.69) is 5.32 Å². The maximum Gasteiger partial charge on any atom is 0.260 e. The van der Waals surface area contributed by atoms with Gasteiger partial charge in [0.05, 0.1) is 13.7 Å². The highest BCUT2D eigenvalue weighted by Crippen LogP contribution is 2.33. The number of amides is 1. The van der Waals surface area contributed by atoms with Crippen molar-refractivity contribution in [3.05, 3.63) is 52.7 Å². The lowest BCUT2D eigenvalue weighted by Crippen LogP contribution is -2.24. The Morgan fingerprint density at radius 1 is 1.22 bits per heavy atom. The molecule has 0 fully saturated rings. The second-order valence-electron chi connectivity index (χ2n) is 6.67. The van der Waals surface area contributed by atoms with E-state index in [0.29, 0.717) is 30.2 Å². The number of nitrogens with zero attached hydrogens (tertiary/aromatic N) is 2. The number of nitrogens with one attached hydrogen (secondary N) is 1.